The van der Waals surface area contributed by atoms with Crippen LogP contribution in [0.5, 0.6) is 0 Å². The highest BCUT2D eigenvalue weighted by atomic mass is 16.2. The van der Waals surface area contributed by atoms with Crippen LogP contribution in [0.1, 0.15) is 116 Å². The van der Waals surface area contributed by atoms with Crippen molar-refractivity contribution in [1.82, 2.24) is 4.90 Å². The molecule has 30 heavy (non-hydrogen) atoms. The first-order chi connectivity index (χ1) is 14.6. The fourth-order valence-electron chi connectivity index (χ4n) is 7.25. The van der Waals surface area contributed by atoms with Crippen molar-refractivity contribution in [3.8, 4) is 0 Å². The lowest BCUT2D eigenvalue weighted by Crippen LogP contribution is -2.44. The molecule has 0 radical (unpaired) electrons. The van der Waals surface area contributed by atoms with E-state index in [1.54, 1.807) is 4.90 Å². The second-order valence-electron chi connectivity index (χ2n) is 11.3. The lowest BCUT2D eigenvalue weighted by atomic mass is 9.70. The minimum absolute atomic E-state index is 0.171. The molecular formula is C26H45N3O. The maximum atomic E-state index is 13.3. The number of likely N-dealkylation sites (N-methyl/N-ethyl adjacent to an activating group) is 1. The number of rotatable bonds is 7. The number of hydrogen-bond donors (Lipinski definition) is 1. The summed E-state index contributed by atoms with van der Waals surface area (Å²) in [4.78, 5) is 19.8. The van der Waals surface area contributed by atoms with Crippen LogP contribution < -0.4 is 5.73 Å². The zero-order chi connectivity index (χ0) is 21.0. The van der Waals surface area contributed by atoms with Crippen molar-refractivity contribution in [2.75, 3.05) is 7.05 Å². The van der Waals surface area contributed by atoms with E-state index in [0.29, 0.717) is 11.9 Å². The molecule has 4 rings (SSSR count). The number of carbonyl (C=O) groups excluding carboxylic acids is 1. The Bertz CT molecular complexity index is 605. The first-order valence-electron chi connectivity index (χ1n) is 13.2. The SMILES string of the molecule is CN1C(=O)[C@@](CCC2CCCCC2)(C[C@@H]2CCC[C@@H](CC3CCCCC3)C2)N=C1N. The van der Waals surface area contributed by atoms with Gasteiger partial charge >= 0.3 is 0 Å². The molecule has 1 aliphatic heterocycles. The largest absolute Gasteiger partial charge is 0.369 e. The molecule has 1 heterocycles. The smallest absolute Gasteiger partial charge is 0.257 e. The van der Waals surface area contributed by atoms with Gasteiger partial charge in [0.05, 0.1) is 0 Å². The van der Waals surface area contributed by atoms with E-state index in [9.17, 15) is 4.79 Å². The number of carbonyl (C=O) groups is 1. The third-order valence-electron chi connectivity index (χ3n) is 8.98. The molecule has 0 aromatic heterocycles. The fourth-order valence-corrected chi connectivity index (χ4v) is 7.25. The van der Waals surface area contributed by atoms with Crippen molar-refractivity contribution in [2.45, 2.75) is 121 Å². The van der Waals surface area contributed by atoms with E-state index in [1.165, 1.54) is 96.3 Å². The Morgan fingerprint density at radius 2 is 1.47 bits per heavy atom. The van der Waals surface area contributed by atoms with Gasteiger partial charge in [0.25, 0.3) is 5.91 Å². The van der Waals surface area contributed by atoms with Gasteiger partial charge in [0, 0.05) is 7.05 Å². The zero-order valence-electron chi connectivity index (χ0n) is 19.4. The summed E-state index contributed by atoms with van der Waals surface area (Å²) >= 11 is 0. The molecule has 4 heteroatoms. The second kappa shape index (κ2) is 10.0. The van der Waals surface area contributed by atoms with Gasteiger partial charge in [0.15, 0.2) is 5.96 Å². The molecule has 3 aliphatic carbocycles. The fraction of sp³-hybridized carbons (Fsp3) is 0.923. The monoisotopic (exact) mass is 415 g/mol. The topological polar surface area (TPSA) is 58.7 Å². The van der Waals surface area contributed by atoms with E-state index in [4.69, 9.17) is 10.7 Å². The van der Waals surface area contributed by atoms with Crippen molar-refractivity contribution in [3.05, 3.63) is 0 Å². The van der Waals surface area contributed by atoms with Crippen LogP contribution in [0.15, 0.2) is 4.99 Å². The molecular weight excluding hydrogens is 370 g/mol. The minimum Gasteiger partial charge on any atom is -0.369 e. The molecule has 3 fully saturated rings. The predicted octanol–water partition coefficient (Wildman–Crippen LogP) is 6.04. The molecule has 3 atom stereocenters. The zero-order valence-corrected chi connectivity index (χ0v) is 19.4. The molecule has 0 aromatic carbocycles. The van der Waals surface area contributed by atoms with Crippen LogP contribution in [0.2, 0.25) is 0 Å². The van der Waals surface area contributed by atoms with Gasteiger partial charge in [-0.3, -0.25) is 9.69 Å². The van der Waals surface area contributed by atoms with Gasteiger partial charge < -0.3 is 5.73 Å². The third kappa shape index (κ3) is 5.22. The van der Waals surface area contributed by atoms with E-state index in [-0.39, 0.29) is 5.91 Å². The molecule has 4 nitrogen and oxygen atoms in total. The molecule has 0 aromatic rings. The Labute approximate surface area is 184 Å². The summed E-state index contributed by atoms with van der Waals surface area (Å²) in [5.41, 5.74) is 5.60. The van der Waals surface area contributed by atoms with E-state index < -0.39 is 5.54 Å². The summed E-state index contributed by atoms with van der Waals surface area (Å²) in [6, 6.07) is 0. The Kier molecular flexibility index (Phi) is 7.41. The van der Waals surface area contributed by atoms with Crippen LogP contribution in [-0.2, 0) is 4.79 Å². The summed E-state index contributed by atoms with van der Waals surface area (Å²) in [6.45, 7) is 0. The normalized spacial score (nSPS) is 34.4. The third-order valence-corrected chi connectivity index (χ3v) is 8.98. The van der Waals surface area contributed by atoms with E-state index in [2.05, 4.69) is 0 Å². The Balaban J connectivity index is 1.38. The van der Waals surface area contributed by atoms with Crippen molar-refractivity contribution >= 4 is 11.9 Å². The molecule has 1 amide bonds. The van der Waals surface area contributed by atoms with Gasteiger partial charge in [-0.1, -0.05) is 83.5 Å². The van der Waals surface area contributed by atoms with E-state index >= 15 is 0 Å². The molecule has 0 spiro atoms. The molecule has 4 aliphatic rings. The van der Waals surface area contributed by atoms with Crippen LogP contribution in [0.25, 0.3) is 0 Å². The average molecular weight is 416 g/mol. The molecule has 3 saturated carbocycles. The van der Waals surface area contributed by atoms with E-state index in [0.717, 1.165) is 37.0 Å². The maximum absolute atomic E-state index is 13.3. The first kappa shape index (κ1) is 22.1. The van der Waals surface area contributed by atoms with Crippen LogP contribution in [0.4, 0.5) is 0 Å². The lowest BCUT2D eigenvalue weighted by molar-refractivity contribution is -0.131. The Hall–Kier alpha value is -1.06. The maximum Gasteiger partial charge on any atom is 0.257 e. The summed E-state index contributed by atoms with van der Waals surface area (Å²) < 4.78 is 0. The Morgan fingerprint density at radius 1 is 0.867 bits per heavy atom. The van der Waals surface area contributed by atoms with Crippen LogP contribution in [-0.4, -0.2) is 29.4 Å². The summed E-state index contributed by atoms with van der Waals surface area (Å²) in [6.07, 6.45) is 23.8. The molecule has 0 bridgehead atoms. The number of aliphatic imine (C=N–C) groups is 1. The highest BCUT2D eigenvalue weighted by molar-refractivity contribution is 6.06. The standard InChI is InChI=1S/C26H45N3O/c1-29-24(30)26(28-25(29)27,16-15-20-9-4-2-5-10-20)19-23-14-8-13-22(18-23)17-21-11-6-3-7-12-21/h20-23H,2-19H2,1H3,(H2,27,28)/t22-,23+,26+/m0/s1. The van der Waals surface area contributed by atoms with Gasteiger partial charge in [0.1, 0.15) is 5.54 Å². The van der Waals surface area contributed by atoms with Gasteiger partial charge in [-0.15, -0.1) is 0 Å². The van der Waals surface area contributed by atoms with Crippen molar-refractivity contribution < 1.29 is 4.79 Å². The summed E-state index contributed by atoms with van der Waals surface area (Å²) in [7, 11) is 1.82. The number of amides is 1. The highest BCUT2D eigenvalue weighted by Gasteiger charge is 2.48. The van der Waals surface area contributed by atoms with Gasteiger partial charge in [-0.2, -0.15) is 0 Å². The van der Waals surface area contributed by atoms with Crippen molar-refractivity contribution in [3.63, 3.8) is 0 Å². The molecule has 0 unspecified atom stereocenters. The summed E-state index contributed by atoms with van der Waals surface area (Å²) in [5.74, 6) is 3.89. The number of hydrogen-bond acceptors (Lipinski definition) is 3. The quantitative estimate of drug-likeness (QED) is 0.551. The minimum atomic E-state index is -0.562. The number of nitrogens with two attached hydrogens (primary N) is 1. The highest BCUT2D eigenvalue weighted by Crippen LogP contribution is 2.43. The lowest BCUT2D eigenvalue weighted by Gasteiger charge is -2.37. The van der Waals surface area contributed by atoms with Gasteiger partial charge in [-0.05, 0) is 55.8 Å². The van der Waals surface area contributed by atoms with Crippen molar-refractivity contribution in [1.29, 1.82) is 0 Å². The second-order valence-corrected chi connectivity index (χ2v) is 11.3. The van der Waals surface area contributed by atoms with Crippen LogP contribution in [0, 0.1) is 23.7 Å². The van der Waals surface area contributed by atoms with Gasteiger partial charge in [0.2, 0.25) is 0 Å². The predicted molar refractivity (Wildman–Crippen MR) is 124 cm³/mol. The average Bonchev–Trinajstić information content (AvgIpc) is 2.98. The van der Waals surface area contributed by atoms with E-state index in [1.807, 2.05) is 7.05 Å². The molecule has 170 valence electrons. The number of nitrogens with zero attached hydrogens (tertiary/aromatic N) is 2. The van der Waals surface area contributed by atoms with Crippen LogP contribution in [0.3, 0.4) is 0 Å². The number of guanidine groups is 1. The van der Waals surface area contributed by atoms with Gasteiger partial charge in [-0.25, -0.2) is 4.99 Å². The van der Waals surface area contributed by atoms with Crippen LogP contribution >= 0.6 is 0 Å². The Morgan fingerprint density at radius 3 is 2.10 bits per heavy atom. The van der Waals surface area contributed by atoms with Crippen molar-refractivity contribution in [2.24, 2.45) is 34.4 Å². The first-order valence-corrected chi connectivity index (χ1v) is 13.2. The molecule has 0 saturated heterocycles. The summed E-state index contributed by atoms with van der Waals surface area (Å²) in [5, 5.41) is 0. The molecule has 2 N–H and O–H groups in total.